The van der Waals surface area contributed by atoms with Gasteiger partial charge >= 0.3 is 0 Å². The van der Waals surface area contributed by atoms with Crippen LogP contribution >= 0.6 is 0 Å². The summed E-state index contributed by atoms with van der Waals surface area (Å²) in [7, 11) is 1.67. The lowest BCUT2D eigenvalue weighted by Gasteiger charge is -2.11. The van der Waals surface area contributed by atoms with E-state index in [-0.39, 0.29) is 6.10 Å². The average Bonchev–Trinajstić information content (AvgIpc) is 2.28. The average molecular weight is 223 g/mol. The molecule has 0 saturated carbocycles. The minimum atomic E-state index is -0.334. The molecular weight excluding hydrogens is 202 g/mol. The fraction of sp³-hybridized carbons (Fsp3) is 0.538. The van der Waals surface area contributed by atoms with E-state index in [9.17, 15) is 5.11 Å². The Bertz CT molecular complexity index is 284. The number of aliphatic hydroxyl groups is 1. The first-order chi connectivity index (χ1) is 7.72. The summed E-state index contributed by atoms with van der Waals surface area (Å²) >= 11 is 0. The van der Waals surface area contributed by atoms with Gasteiger partial charge in [0.15, 0.2) is 0 Å². The third-order valence-corrected chi connectivity index (χ3v) is 2.45. The van der Waals surface area contributed by atoms with Crippen molar-refractivity contribution in [3.63, 3.8) is 0 Å². The number of nitrogens with one attached hydrogen (secondary N) is 1. The van der Waals surface area contributed by atoms with Gasteiger partial charge in [-0.2, -0.15) is 0 Å². The van der Waals surface area contributed by atoms with Crippen LogP contribution in [0.25, 0.3) is 0 Å². The van der Waals surface area contributed by atoms with E-state index in [1.807, 2.05) is 0 Å². The van der Waals surface area contributed by atoms with Crippen molar-refractivity contribution in [3.05, 3.63) is 35.4 Å². The summed E-state index contributed by atoms with van der Waals surface area (Å²) in [6, 6.07) is 8.27. The Hall–Kier alpha value is -0.900. The fourth-order valence-electron chi connectivity index (χ4n) is 1.51. The van der Waals surface area contributed by atoms with Crippen molar-refractivity contribution in [3.8, 4) is 0 Å². The van der Waals surface area contributed by atoms with Crippen molar-refractivity contribution in [1.29, 1.82) is 0 Å². The monoisotopic (exact) mass is 223 g/mol. The summed E-state index contributed by atoms with van der Waals surface area (Å²) in [6.45, 7) is 4.13. The minimum absolute atomic E-state index is 0.334. The molecule has 0 aliphatic carbocycles. The van der Waals surface area contributed by atoms with Crippen LogP contribution in [0.5, 0.6) is 0 Å². The highest BCUT2D eigenvalue weighted by molar-refractivity contribution is 5.21. The molecule has 1 aromatic rings. The highest BCUT2D eigenvalue weighted by Crippen LogP contribution is 2.05. The number of methoxy groups -OCH3 is 1. The predicted octanol–water partition coefficient (Wildman–Crippen LogP) is 1.13. The van der Waals surface area contributed by atoms with Crippen molar-refractivity contribution in [2.45, 2.75) is 19.4 Å². The molecule has 0 amide bonds. The lowest BCUT2D eigenvalue weighted by Crippen LogP contribution is -2.30. The Morgan fingerprint density at radius 3 is 2.62 bits per heavy atom. The Kier molecular flexibility index (Phi) is 6.08. The molecule has 0 heterocycles. The number of rotatable bonds is 7. The van der Waals surface area contributed by atoms with E-state index in [2.05, 4.69) is 36.5 Å². The zero-order chi connectivity index (χ0) is 11.8. The van der Waals surface area contributed by atoms with Gasteiger partial charge in [0.25, 0.3) is 0 Å². The van der Waals surface area contributed by atoms with Gasteiger partial charge in [-0.1, -0.05) is 29.8 Å². The topological polar surface area (TPSA) is 41.5 Å². The lowest BCUT2D eigenvalue weighted by atomic mass is 10.1. The summed E-state index contributed by atoms with van der Waals surface area (Å²) < 4.78 is 4.91. The van der Waals surface area contributed by atoms with Crippen LogP contribution in [0.2, 0.25) is 0 Å². The summed E-state index contributed by atoms with van der Waals surface area (Å²) in [4.78, 5) is 0. The van der Waals surface area contributed by atoms with Gasteiger partial charge in [0, 0.05) is 20.2 Å². The van der Waals surface area contributed by atoms with Crippen LogP contribution in [0.1, 0.15) is 11.1 Å². The molecule has 0 saturated heterocycles. The van der Waals surface area contributed by atoms with Gasteiger partial charge in [0.05, 0.1) is 12.7 Å². The Balaban J connectivity index is 2.23. The molecule has 90 valence electrons. The van der Waals surface area contributed by atoms with Crippen LogP contribution in [-0.2, 0) is 11.2 Å². The van der Waals surface area contributed by atoms with Gasteiger partial charge in [-0.05, 0) is 18.9 Å². The van der Waals surface area contributed by atoms with Crippen LogP contribution < -0.4 is 5.32 Å². The Labute approximate surface area is 97.4 Å². The highest BCUT2D eigenvalue weighted by atomic mass is 16.5. The van der Waals surface area contributed by atoms with E-state index >= 15 is 0 Å². The maximum atomic E-state index is 9.77. The predicted molar refractivity (Wildman–Crippen MR) is 65.6 cm³/mol. The molecule has 0 bridgehead atoms. The third-order valence-electron chi connectivity index (χ3n) is 2.45. The minimum Gasteiger partial charge on any atom is -0.391 e. The number of benzene rings is 1. The van der Waals surface area contributed by atoms with Crippen molar-refractivity contribution < 1.29 is 9.84 Å². The molecule has 1 rings (SSSR count). The van der Waals surface area contributed by atoms with Crippen LogP contribution in [0.15, 0.2) is 24.3 Å². The van der Waals surface area contributed by atoms with Crippen LogP contribution in [0.3, 0.4) is 0 Å². The summed E-state index contributed by atoms with van der Waals surface area (Å²) in [5.74, 6) is 0. The van der Waals surface area contributed by atoms with Crippen molar-refractivity contribution >= 4 is 0 Å². The maximum Gasteiger partial charge on any atom is 0.0704 e. The molecule has 1 aromatic carbocycles. The first-order valence-corrected chi connectivity index (χ1v) is 5.65. The van der Waals surface area contributed by atoms with Gasteiger partial charge in [0.1, 0.15) is 0 Å². The smallest absolute Gasteiger partial charge is 0.0704 e. The fourth-order valence-corrected chi connectivity index (χ4v) is 1.51. The molecule has 0 aliphatic rings. The molecule has 0 aromatic heterocycles. The number of aryl methyl sites for hydroxylation is 1. The quantitative estimate of drug-likeness (QED) is 0.681. The van der Waals surface area contributed by atoms with Gasteiger partial charge in [-0.15, -0.1) is 0 Å². The van der Waals surface area contributed by atoms with E-state index in [1.54, 1.807) is 7.11 Å². The molecular formula is C13H21NO2. The third kappa shape index (κ3) is 5.26. The Morgan fingerprint density at radius 2 is 2.00 bits per heavy atom. The zero-order valence-corrected chi connectivity index (χ0v) is 10.1. The molecule has 1 unspecified atom stereocenters. The van der Waals surface area contributed by atoms with Crippen molar-refractivity contribution in [2.24, 2.45) is 0 Å². The lowest BCUT2D eigenvalue weighted by molar-refractivity contribution is 0.160. The second-order valence-electron chi connectivity index (χ2n) is 4.04. The summed E-state index contributed by atoms with van der Waals surface area (Å²) in [5.41, 5.74) is 2.42. The van der Waals surface area contributed by atoms with Gasteiger partial charge in [0.2, 0.25) is 0 Å². The van der Waals surface area contributed by atoms with E-state index in [1.165, 1.54) is 11.1 Å². The number of aliphatic hydroxyl groups excluding tert-OH is 1. The second kappa shape index (κ2) is 7.39. The molecule has 3 heteroatoms. The van der Waals surface area contributed by atoms with Crippen molar-refractivity contribution in [2.75, 3.05) is 26.8 Å². The van der Waals surface area contributed by atoms with E-state index in [0.717, 1.165) is 6.54 Å². The van der Waals surface area contributed by atoms with Crippen LogP contribution in [0.4, 0.5) is 0 Å². The standard InChI is InChI=1S/C13H21NO2/c1-11-3-5-12(6-4-11)9-13(15)10-14-7-8-16-2/h3-6,13-15H,7-10H2,1-2H3. The van der Waals surface area contributed by atoms with E-state index < -0.39 is 0 Å². The van der Waals surface area contributed by atoms with Gasteiger partial charge in [-0.25, -0.2) is 0 Å². The van der Waals surface area contributed by atoms with Gasteiger partial charge < -0.3 is 15.2 Å². The molecule has 0 spiro atoms. The molecule has 1 atom stereocenters. The van der Waals surface area contributed by atoms with E-state index in [4.69, 9.17) is 4.74 Å². The molecule has 2 N–H and O–H groups in total. The normalized spacial score (nSPS) is 12.7. The maximum absolute atomic E-state index is 9.77. The SMILES string of the molecule is COCCNCC(O)Cc1ccc(C)cc1. The summed E-state index contributed by atoms with van der Waals surface area (Å²) in [5, 5.41) is 12.9. The van der Waals surface area contributed by atoms with Crippen molar-refractivity contribution in [1.82, 2.24) is 5.32 Å². The molecule has 0 fully saturated rings. The first kappa shape index (κ1) is 13.2. The zero-order valence-electron chi connectivity index (χ0n) is 10.1. The number of hydrogen-bond donors (Lipinski definition) is 2. The number of hydrogen-bond acceptors (Lipinski definition) is 3. The first-order valence-electron chi connectivity index (χ1n) is 5.65. The molecule has 3 nitrogen and oxygen atoms in total. The van der Waals surface area contributed by atoms with Crippen LogP contribution in [-0.4, -0.2) is 38.0 Å². The molecule has 0 aliphatic heterocycles. The highest BCUT2D eigenvalue weighted by Gasteiger charge is 2.04. The Morgan fingerprint density at radius 1 is 1.31 bits per heavy atom. The van der Waals surface area contributed by atoms with Gasteiger partial charge in [-0.3, -0.25) is 0 Å². The summed E-state index contributed by atoms with van der Waals surface area (Å²) in [6.07, 6.45) is 0.361. The van der Waals surface area contributed by atoms with Crippen LogP contribution in [0, 0.1) is 6.92 Å². The largest absolute Gasteiger partial charge is 0.391 e. The second-order valence-corrected chi connectivity index (χ2v) is 4.04. The van der Waals surface area contributed by atoms with E-state index in [0.29, 0.717) is 19.6 Å². The molecule has 16 heavy (non-hydrogen) atoms. The number of ether oxygens (including phenoxy) is 1. The molecule has 0 radical (unpaired) electrons.